The van der Waals surface area contributed by atoms with Crippen LogP contribution in [0, 0.1) is 0 Å². The van der Waals surface area contributed by atoms with Crippen molar-refractivity contribution in [3.63, 3.8) is 0 Å². The first-order chi connectivity index (χ1) is 10.0. The van der Waals surface area contributed by atoms with Gasteiger partial charge in [0.25, 0.3) is 0 Å². The Labute approximate surface area is 131 Å². The average Bonchev–Trinajstić information content (AvgIpc) is 2.46. The minimum atomic E-state index is -0.0417. The Morgan fingerprint density at radius 2 is 2.05 bits per heavy atom. The van der Waals surface area contributed by atoms with E-state index in [2.05, 4.69) is 19.2 Å². The molecule has 0 spiro atoms. The molecule has 4 nitrogen and oxygen atoms in total. The molecule has 0 radical (unpaired) electrons. The van der Waals surface area contributed by atoms with Crippen molar-refractivity contribution in [1.29, 1.82) is 0 Å². The molecule has 21 heavy (non-hydrogen) atoms. The van der Waals surface area contributed by atoms with Crippen LogP contribution in [0.25, 0.3) is 0 Å². The predicted octanol–water partition coefficient (Wildman–Crippen LogP) is 3.03. The highest BCUT2D eigenvalue weighted by molar-refractivity contribution is 6.33. The van der Waals surface area contributed by atoms with Gasteiger partial charge in [-0.2, -0.15) is 0 Å². The molecule has 0 saturated carbocycles. The van der Waals surface area contributed by atoms with E-state index in [9.17, 15) is 4.79 Å². The van der Waals surface area contributed by atoms with Gasteiger partial charge in [0.2, 0.25) is 5.91 Å². The maximum Gasteiger partial charge on any atom is 0.242 e. The molecule has 0 aromatic heterocycles. The monoisotopic (exact) mass is 310 g/mol. The standard InChI is InChI=1S/C16H23ClN2O2/c1-11-4-3-5-12(2)19(11)16(21)9-18-15-8-13(10-20)6-7-14(15)17/h6-8,11-12,18,20H,3-5,9-10H2,1-2H3/t11-,12-/m1/s1. The lowest BCUT2D eigenvalue weighted by molar-refractivity contribution is -0.135. The Morgan fingerprint density at radius 3 is 2.67 bits per heavy atom. The number of carbonyl (C=O) groups excluding carboxylic acids is 1. The molecule has 5 heteroatoms. The number of carbonyl (C=O) groups is 1. The summed E-state index contributed by atoms with van der Waals surface area (Å²) in [5.41, 5.74) is 1.46. The summed E-state index contributed by atoms with van der Waals surface area (Å²) in [7, 11) is 0. The van der Waals surface area contributed by atoms with Gasteiger partial charge < -0.3 is 15.3 Å². The van der Waals surface area contributed by atoms with Crippen LogP contribution in [0.4, 0.5) is 5.69 Å². The van der Waals surface area contributed by atoms with E-state index in [0.717, 1.165) is 18.4 Å². The number of likely N-dealkylation sites (tertiary alicyclic amines) is 1. The second-order valence-electron chi connectivity index (χ2n) is 5.76. The van der Waals surface area contributed by atoms with Gasteiger partial charge in [-0.3, -0.25) is 4.79 Å². The highest BCUT2D eigenvalue weighted by atomic mass is 35.5. The predicted molar refractivity (Wildman–Crippen MR) is 85.5 cm³/mol. The summed E-state index contributed by atoms with van der Waals surface area (Å²) in [4.78, 5) is 14.4. The van der Waals surface area contributed by atoms with Gasteiger partial charge in [0.05, 0.1) is 23.9 Å². The molecule has 116 valence electrons. The first-order valence-electron chi connectivity index (χ1n) is 7.47. The maximum absolute atomic E-state index is 12.4. The Kier molecular flexibility index (Phi) is 5.48. The third-order valence-electron chi connectivity index (χ3n) is 4.12. The van der Waals surface area contributed by atoms with E-state index in [4.69, 9.17) is 16.7 Å². The van der Waals surface area contributed by atoms with E-state index in [1.165, 1.54) is 6.42 Å². The molecular weight excluding hydrogens is 288 g/mol. The highest BCUT2D eigenvalue weighted by Crippen LogP contribution is 2.25. The minimum Gasteiger partial charge on any atom is -0.392 e. The fraction of sp³-hybridized carbons (Fsp3) is 0.562. The topological polar surface area (TPSA) is 52.6 Å². The molecule has 1 aromatic carbocycles. The second kappa shape index (κ2) is 7.14. The summed E-state index contributed by atoms with van der Waals surface area (Å²) in [6.45, 7) is 4.39. The Balaban J connectivity index is 2.00. The molecular formula is C16H23ClN2O2. The van der Waals surface area contributed by atoms with Crippen molar-refractivity contribution in [1.82, 2.24) is 4.90 Å². The van der Waals surface area contributed by atoms with Crippen molar-refractivity contribution < 1.29 is 9.90 Å². The molecule has 1 fully saturated rings. The quantitative estimate of drug-likeness (QED) is 0.899. The van der Waals surface area contributed by atoms with Crippen LogP contribution in [0.5, 0.6) is 0 Å². The molecule has 2 rings (SSSR count). The van der Waals surface area contributed by atoms with E-state index >= 15 is 0 Å². The lowest BCUT2D eigenvalue weighted by Crippen LogP contribution is -2.49. The van der Waals surface area contributed by atoms with Gasteiger partial charge in [0.1, 0.15) is 0 Å². The van der Waals surface area contributed by atoms with Crippen LogP contribution in [-0.4, -0.2) is 34.5 Å². The summed E-state index contributed by atoms with van der Waals surface area (Å²) < 4.78 is 0. The number of piperidine rings is 1. The van der Waals surface area contributed by atoms with Crippen LogP contribution < -0.4 is 5.32 Å². The molecule has 1 aromatic rings. The maximum atomic E-state index is 12.4. The number of benzene rings is 1. The third-order valence-corrected chi connectivity index (χ3v) is 4.45. The third kappa shape index (κ3) is 3.89. The number of rotatable bonds is 4. The zero-order chi connectivity index (χ0) is 15.4. The van der Waals surface area contributed by atoms with Gasteiger partial charge in [-0.1, -0.05) is 17.7 Å². The lowest BCUT2D eigenvalue weighted by Gasteiger charge is -2.39. The Morgan fingerprint density at radius 1 is 1.38 bits per heavy atom. The fourth-order valence-corrected chi connectivity index (χ4v) is 3.17. The number of anilines is 1. The van der Waals surface area contributed by atoms with Gasteiger partial charge in [-0.25, -0.2) is 0 Å². The van der Waals surface area contributed by atoms with Gasteiger partial charge in [0.15, 0.2) is 0 Å². The van der Waals surface area contributed by atoms with Crippen LogP contribution in [-0.2, 0) is 11.4 Å². The average molecular weight is 311 g/mol. The number of hydrogen-bond donors (Lipinski definition) is 2. The molecule has 1 amide bonds. The summed E-state index contributed by atoms with van der Waals surface area (Å²) in [6.07, 6.45) is 3.32. The minimum absolute atomic E-state index is 0.0417. The number of halogens is 1. The number of amides is 1. The van der Waals surface area contributed by atoms with Gasteiger partial charge >= 0.3 is 0 Å². The molecule has 2 N–H and O–H groups in total. The molecule has 0 aliphatic carbocycles. The summed E-state index contributed by atoms with van der Waals surface area (Å²) in [6, 6.07) is 5.86. The van der Waals surface area contributed by atoms with E-state index in [0.29, 0.717) is 22.8 Å². The first-order valence-corrected chi connectivity index (χ1v) is 7.85. The summed E-state index contributed by atoms with van der Waals surface area (Å²) >= 11 is 6.11. The smallest absolute Gasteiger partial charge is 0.242 e. The van der Waals surface area contributed by atoms with E-state index < -0.39 is 0 Å². The molecule has 1 saturated heterocycles. The van der Waals surface area contributed by atoms with E-state index in [-0.39, 0.29) is 19.1 Å². The summed E-state index contributed by atoms with van der Waals surface area (Å²) in [5, 5.41) is 12.8. The van der Waals surface area contributed by atoms with Crippen LogP contribution in [0.2, 0.25) is 5.02 Å². The first kappa shape index (κ1) is 16.1. The van der Waals surface area contributed by atoms with E-state index in [1.54, 1.807) is 18.2 Å². The number of nitrogens with zero attached hydrogens (tertiary/aromatic N) is 1. The van der Waals surface area contributed by atoms with Crippen molar-refractivity contribution in [3.8, 4) is 0 Å². The number of aliphatic hydroxyl groups excluding tert-OH is 1. The van der Waals surface area contributed by atoms with Crippen molar-refractivity contribution in [3.05, 3.63) is 28.8 Å². The van der Waals surface area contributed by atoms with Crippen LogP contribution in [0.3, 0.4) is 0 Å². The molecule has 0 bridgehead atoms. The summed E-state index contributed by atoms with van der Waals surface area (Å²) in [5.74, 6) is 0.0974. The van der Waals surface area contributed by atoms with E-state index in [1.807, 2.05) is 4.90 Å². The molecule has 1 heterocycles. The Bertz CT molecular complexity index is 497. The normalized spacial score (nSPS) is 22.2. The van der Waals surface area contributed by atoms with Crippen molar-refractivity contribution >= 4 is 23.2 Å². The Hall–Kier alpha value is -1.26. The number of aliphatic hydroxyl groups is 1. The van der Waals surface area contributed by atoms with Crippen LogP contribution in [0.1, 0.15) is 38.7 Å². The number of hydrogen-bond acceptors (Lipinski definition) is 3. The van der Waals surface area contributed by atoms with Gasteiger partial charge in [0, 0.05) is 12.1 Å². The lowest BCUT2D eigenvalue weighted by atomic mass is 9.97. The van der Waals surface area contributed by atoms with Crippen LogP contribution >= 0.6 is 11.6 Å². The zero-order valence-corrected chi connectivity index (χ0v) is 13.4. The largest absolute Gasteiger partial charge is 0.392 e. The second-order valence-corrected chi connectivity index (χ2v) is 6.16. The molecule has 1 aliphatic heterocycles. The van der Waals surface area contributed by atoms with Gasteiger partial charge in [-0.15, -0.1) is 0 Å². The van der Waals surface area contributed by atoms with Crippen molar-refractivity contribution in [2.24, 2.45) is 0 Å². The van der Waals surface area contributed by atoms with Crippen LogP contribution in [0.15, 0.2) is 18.2 Å². The molecule has 1 aliphatic rings. The van der Waals surface area contributed by atoms with Gasteiger partial charge in [-0.05, 0) is 50.8 Å². The highest BCUT2D eigenvalue weighted by Gasteiger charge is 2.28. The molecule has 0 unspecified atom stereocenters. The zero-order valence-electron chi connectivity index (χ0n) is 12.6. The van der Waals surface area contributed by atoms with Crippen molar-refractivity contribution in [2.45, 2.75) is 51.8 Å². The fourth-order valence-electron chi connectivity index (χ4n) is 2.98. The SMILES string of the molecule is C[C@@H]1CCC[C@@H](C)N1C(=O)CNc1cc(CO)ccc1Cl. The number of nitrogens with one attached hydrogen (secondary N) is 1. The molecule has 2 atom stereocenters. The van der Waals surface area contributed by atoms with Crippen molar-refractivity contribution in [2.75, 3.05) is 11.9 Å².